The molecule has 2 aromatic heterocycles. The zero-order valence-corrected chi connectivity index (χ0v) is 13.3. The lowest BCUT2D eigenvalue weighted by atomic mass is 10.1. The lowest BCUT2D eigenvalue weighted by Gasteiger charge is -2.32. The summed E-state index contributed by atoms with van der Waals surface area (Å²) >= 11 is 0. The van der Waals surface area contributed by atoms with Crippen molar-refractivity contribution in [3.63, 3.8) is 0 Å². The molecule has 1 unspecified atom stereocenters. The Morgan fingerprint density at radius 2 is 2.18 bits per heavy atom. The van der Waals surface area contributed by atoms with Gasteiger partial charge in [-0.05, 0) is 39.3 Å². The van der Waals surface area contributed by atoms with E-state index >= 15 is 0 Å². The summed E-state index contributed by atoms with van der Waals surface area (Å²) in [4.78, 5) is 2.46. The molecular formula is C15H24N6O. The van der Waals surface area contributed by atoms with Crippen LogP contribution in [-0.2, 0) is 13.2 Å². The van der Waals surface area contributed by atoms with Gasteiger partial charge in [-0.1, -0.05) is 5.21 Å². The van der Waals surface area contributed by atoms with Crippen LogP contribution in [0.25, 0.3) is 0 Å². The minimum atomic E-state index is -0.0473. The molecule has 0 saturated carbocycles. The van der Waals surface area contributed by atoms with Gasteiger partial charge in [-0.2, -0.15) is 5.10 Å². The quantitative estimate of drug-likeness (QED) is 0.889. The van der Waals surface area contributed by atoms with Crippen LogP contribution in [0.3, 0.4) is 0 Å². The van der Waals surface area contributed by atoms with E-state index in [1.807, 2.05) is 17.8 Å². The molecule has 0 amide bonds. The van der Waals surface area contributed by atoms with Crippen LogP contribution in [0.2, 0.25) is 0 Å². The van der Waals surface area contributed by atoms with Crippen LogP contribution in [0, 0.1) is 13.8 Å². The molecule has 3 rings (SSSR count). The average Bonchev–Trinajstić information content (AvgIpc) is 3.12. The number of nitrogens with zero attached hydrogens (tertiary/aromatic N) is 6. The first-order chi connectivity index (χ1) is 10.7. The fraction of sp³-hybridized carbons (Fsp3) is 0.667. The van der Waals surface area contributed by atoms with E-state index in [4.69, 9.17) is 5.11 Å². The van der Waals surface area contributed by atoms with Gasteiger partial charge < -0.3 is 5.11 Å². The maximum absolute atomic E-state index is 9.10. The number of hydrogen-bond donors (Lipinski definition) is 1. The van der Waals surface area contributed by atoms with Crippen LogP contribution >= 0.6 is 0 Å². The van der Waals surface area contributed by atoms with Crippen LogP contribution in [0.5, 0.6) is 0 Å². The molecule has 3 heterocycles. The molecule has 120 valence electrons. The molecule has 0 aromatic carbocycles. The van der Waals surface area contributed by atoms with Crippen LogP contribution in [0.1, 0.15) is 36.0 Å². The maximum atomic E-state index is 9.10. The Labute approximate surface area is 130 Å². The highest BCUT2D eigenvalue weighted by Crippen LogP contribution is 2.20. The van der Waals surface area contributed by atoms with E-state index in [2.05, 4.69) is 38.0 Å². The number of rotatable bonds is 5. The predicted molar refractivity (Wildman–Crippen MR) is 82.4 cm³/mol. The van der Waals surface area contributed by atoms with E-state index in [9.17, 15) is 0 Å². The molecule has 1 atom stereocenters. The minimum absolute atomic E-state index is 0.0473. The van der Waals surface area contributed by atoms with Crippen molar-refractivity contribution in [3.05, 3.63) is 29.3 Å². The lowest BCUT2D eigenvalue weighted by Crippen LogP contribution is -2.38. The number of aromatic nitrogens is 5. The minimum Gasteiger partial charge on any atom is -0.390 e. The Kier molecular flexibility index (Phi) is 4.54. The second kappa shape index (κ2) is 6.58. The topological polar surface area (TPSA) is 72.0 Å². The summed E-state index contributed by atoms with van der Waals surface area (Å²) < 4.78 is 3.99. The van der Waals surface area contributed by atoms with Crippen molar-refractivity contribution >= 4 is 0 Å². The summed E-state index contributed by atoms with van der Waals surface area (Å²) in [5.74, 6) is 0. The van der Waals surface area contributed by atoms with Crippen molar-refractivity contribution in [2.75, 3.05) is 19.6 Å². The fourth-order valence-electron chi connectivity index (χ4n) is 3.15. The zero-order valence-electron chi connectivity index (χ0n) is 13.3. The number of aryl methyl sites for hydroxylation is 2. The number of aliphatic hydroxyl groups excluding tert-OH is 1. The Balaban J connectivity index is 1.57. The van der Waals surface area contributed by atoms with Gasteiger partial charge >= 0.3 is 0 Å². The Bertz CT molecular complexity index is 619. The molecule has 0 radical (unpaired) electrons. The summed E-state index contributed by atoms with van der Waals surface area (Å²) in [5, 5.41) is 21.7. The molecule has 1 saturated heterocycles. The van der Waals surface area contributed by atoms with Crippen molar-refractivity contribution in [2.45, 2.75) is 45.9 Å². The van der Waals surface area contributed by atoms with E-state index in [-0.39, 0.29) is 6.61 Å². The third-order valence-electron chi connectivity index (χ3n) is 4.31. The normalized spacial score (nSPS) is 19.7. The summed E-state index contributed by atoms with van der Waals surface area (Å²) in [6.45, 7) is 8.11. The summed E-state index contributed by atoms with van der Waals surface area (Å²) in [5.41, 5.74) is 2.93. The second-order valence-corrected chi connectivity index (χ2v) is 6.09. The van der Waals surface area contributed by atoms with Gasteiger partial charge in [0, 0.05) is 18.8 Å². The molecule has 7 heteroatoms. The van der Waals surface area contributed by atoms with Gasteiger partial charge in [-0.15, -0.1) is 5.10 Å². The number of hydrogen-bond acceptors (Lipinski definition) is 5. The van der Waals surface area contributed by atoms with Gasteiger partial charge in [0.1, 0.15) is 5.69 Å². The average molecular weight is 304 g/mol. The van der Waals surface area contributed by atoms with Gasteiger partial charge in [0.25, 0.3) is 0 Å². The Morgan fingerprint density at radius 1 is 1.32 bits per heavy atom. The molecule has 0 spiro atoms. The van der Waals surface area contributed by atoms with Crippen LogP contribution in [0.15, 0.2) is 12.3 Å². The maximum Gasteiger partial charge on any atom is 0.108 e. The van der Waals surface area contributed by atoms with Crippen molar-refractivity contribution < 1.29 is 5.11 Å². The molecule has 0 bridgehead atoms. The van der Waals surface area contributed by atoms with Crippen molar-refractivity contribution in [1.29, 1.82) is 0 Å². The van der Waals surface area contributed by atoms with Crippen molar-refractivity contribution in [3.8, 4) is 0 Å². The molecule has 0 aliphatic carbocycles. The van der Waals surface area contributed by atoms with Gasteiger partial charge in [-0.25, -0.2) is 4.68 Å². The first kappa shape index (κ1) is 15.2. The van der Waals surface area contributed by atoms with Crippen molar-refractivity contribution in [1.82, 2.24) is 29.7 Å². The number of aliphatic hydroxyl groups is 1. The summed E-state index contributed by atoms with van der Waals surface area (Å²) in [6, 6.07) is 2.46. The predicted octanol–water partition coefficient (Wildman–Crippen LogP) is 0.921. The standard InChI is InChI=1S/C15H24N6O/c1-12-8-13(2)20(17-12)7-6-19-5-3-4-15(10-19)21-9-14(11-22)16-18-21/h8-9,15,22H,3-7,10-11H2,1-2H3. The molecule has 2 aromatic rings. The highest BCUT2D eigenvalue weighted by Gasteiger charge is 2.22. The molecule has 1 aliphatic rings. The second-order valence-electron chi connectivity index (χ2n) is 6.09. The summed E-state index contributed by atoms with van der Waals surface area (Å²) in [7, 11) is 0. The first-order valence-corrected chi connectivity index (χ1v) is 7.90. The molecule has 22 heavy (non-hydrogen) atoms. The molecule has 7 nitrogen and oxygen atoms in total. The summed E-state index contributed by atoms with van der Waals surface area (Å²) in [6.07, 6.45) is 4.13. The monoisotopic (exact) mass is 304 g/mol. The van der Waals surface area contributed by atoms with E-state index in [0.29, 0.717) is 11.7 Å². The van der Waals surface area contributed by atoms with Gasteiger partial charge in [0.2, 0.25) is 0 Å². The number of piperidine rings is 1. The van der Waals surface area contributed by atoms with E-state index in [0.717, 1.165) is 44.7 Å². The molecular weight excluding hydrogens is 280 g/mol. The van der Waals surface area contributed by atoms with Gasteiger partial charge in [-0.3, -0.25) is 9.58 Å². The lowest BCUT2D eigenvalue weighted by molar-refractivity contribution is 0.161. The SMILES string of the molecule is Cc1cc(C)n(CCN2CCCC(n3cc(CO)nn3)C2)n1. The van der Waals surface area contributed by atoms with E-state index in [1.54, 1.807) is 0 Å². The molecule has 1 fully saturated rings. The molecule has 1 aliphatic heterocycles. The van der Waals surface area contributed by atoms with Crippen molar-refractivity contribution in [2.24, 2.45) is 0 Å². The third-order valence-corrected chi connectivity index (χ3v) is 4.31. The van der Waals surface area contributed by atoms with Gasteiger partial charge in [0.05, 0.1) is 31.1 Å². The molecule has 1 N–H and O–H groups in total. The van der Waals surface area contributed by atoms with Crippen LogP contribution in [-0.4, -0.2) is 54.4 Å². The van der Waals surface area contributed by atoms with Crippen LogP contribution in [0.4, 0.5) is 0 Å². The Morgan fingerprint density at radius 3 is 2.86 bits per heavy atom. The highest BCUT2D eigenvalue weighted by molar-refractivity contribution is 5.06. The first-order valence-electron chi connectivity index (χ1n) is 7.90. The van der Waals surface area contributed by atoms with Crippen LogP contribution < -0.4 is 0 Å². The largest absolute Gasteiger partial charge is 0.390 e. The third kappa shape index (κ3) is 3.36. The van der Waals surface area contributed by atoms with E-state index < -0.39 is 0 Å². The number of likely N-dealkylation sites (tertiary alicyclic amines) is 1. The van der Waals surface area contributed by atoms with E-state index in [1.165, 1.54) is 5.69 Å². The Hall–Kier alpha value is -1.73. The fourth-order valence-corrected chi connectivity index (χ4v) is 3.15. The zero-order chi connectivity index (χ0) is 15.5. The highest BCUT2D eigenvalue weighted by atomic mass is 16.3. The van der Waals surface area contributed by atoms with Gasteiger partial charge in [0.15, 0.2) is 0 Å². The smallest absolute Gasteiger partial charge is 0.108 e.